The minimum absolute atomic E-state index is 0.177. The lowest BCUT2D eigenvalue weighted by atomic mass is 10.0. The molecular formula is C21H19ClN2O3S. The maximum atomic E-state index is 13.4. The zero-order chi connectivity index (χ0) is 19.8. The van der Waals surface area contributed by atoms with Gasteiger partial charge in [-0.05, 0) is 35.7 Å². The monoisotopic (exact) mass is 414 g/mol. The molecular weight excluding hydrogens is 396 g/mol. The standard InChI is InChI=1S/C21H19ClN2O3S/c1-12(2)14-5-3-4-6-17(14)24-19(25)15-8-7-13(22)11-16(15)23-21(24)28-18-9-10-27-20(18)26/h3-8,11-12,18H,9-10H2,1-2H3/t18-/m1/s1. The third kappa shape index (κ3) is 3.42. The van der Waals surface area contributed by atoms with E-state index >= 15 is 0 Å². The van der Waals surface area contributed by atoms with Gasteiger partial charge >= 0.3 is 5.97 Å². The Bertz CT molecular complexity index is 1130. The van der Waals surface area contributed by atoms with Crippen molar-refractivity contribution in [3.63, 3.8) is 0 Å². The van der Waals surface area contributed by atoms with Crippen LogP contribution in [-0.4, -0.2) is 27.4 Å². The predicted molar refractivity (Wildman–Crippen MR) is 112 cm³/mol. The normalized spacial score (nSPS) is 16.7. The van der Waals surface area contributed by atoms with Gasteiger partial charge in [-0.3, -0.25) is 14.2 Å². The lowest BCUT2D eigenvalue weighted by molar-refractivity contribution is -0.137. The quantitative estimate of drug-likeness (QED) is 0.462. The van der Waals surface area contributed by atoms with Crippen LogP contribution in [0.2, 0.25) is 5.02 Å². The lowest BCUT2D eigenvalue weighted by Gasteiger charge is -2.19. The number of fused-ring (bicyclic) bond motifs is 1. The number of nitrogens with zero attached hydrogens (tertiary/aromatic N) is 2. The van der Waals surface area contributed by atoms with Crippen molar-refractivity contribution in [3.8, 4) is 5.69 Å². The molecule has 2 heterocycles. The molecule has 0 spiro atoms. The second-order valence-electron chi connectivity index (χ2n) is 6.97. The van der Waals surface area contributed by atoms with Gasteiger partial charge in [-0.15, -0.1) is 0 Å². The zero-order valence-corrected chi connectivity index (χ0v) is 17.1. The molecule has 0 unspecified atom stereocenters. The molecule has 0 N–H and O–H groups in total. The molecule has 1 aromatic heterocycles. The molecule has 0 radical (unpaired) electrons. The number of cyclic esters (lactones) is 1. The number of halogens is 1. The number of para-hydroxylation sites is 1. The SMILES string of the molecule is CC(C)c1ccccc1-n1c(S[C@@H]2CCOC2=O)nc2cc(Cl)ccc2c1=O. The topological polar surface area (TPSA) is 61.2 Å². The fourth-order valence-corrected chi connectivity index (χ4v) is 4.56. The summed E-state index contributed by atoms with van der Waals surface area (Å²) in [4.78, 5) is 30.2. The van der Waals surface area contributed by atoms with Gasteiger partial charge in [-0.2, -0.15) is 0 Å². The number of carbonyl (C=O) groups is 1. The molecule has 0 saturated carbocycles. The number of aromatic nitrogens is 2. The molecule has 4 rings (SSSR count). The Kier molecular flexibility index (Phi) is 5.17. The molecule has 7 heteroatoms. The Morgan fingerprint density at radius 1 is 1.21 bits per heavy atom. The smallest absolute Gasteiger partial charge is 0.319 e. The summed E-state index contributed by atoms with van der Waals surface area (Å²) in [5.74, 6) is -0.0487. The van der Waals surface area contributed by atoms with Gasteiger partial charge < -0.3 is 4.74 Å². The molecule has 0 bridgehead atoms. The Labute approximate surface area is 171 Å². The first-order chi connectivity index (χ1) is 13.5. The number of benzene rings is 2. The van der Waals surface area contributed by atoms with Crippen LogP contribution in [0, 0.1) is 0 Å². The molecule has 144 valence electrons. The molecule has 0 aliphatic carbocycles. The van der Waals surface area contributed by atoms with E-state index in [1.165, 1.54) is 11.8 Å². The summed E-state index contributed by atoms with van der Waals surface area (Å²) >= 11 is 7.38. The van der Waals surface area contributed by atoms with Gasteiger partial charge in [0, 0.05) is 11.4 Å². The minimum atomic E-state index is -0.374. The Hall–Kier alpha value is -2.31. The number of hydrogen-bond donors (Lipinski definition) is 0. The van der Waals surface area contributed by atoms with Crippen LogP contribution in [0.5, 0.6) is 0 Å². The molecule has 3 aromatic rings. The third-order valence-electron chi connectivity index (χ3n) is 4.74. The third-order valence-corrected chi connectivity index (χ3v) is 6.17. The van der Waals surface area contributed by atoms with Gasteiger partial charge in [0.1, 0.15) is 5.25 Å². The van der Waals surface area contributed by atoms with Crippen LogP contribution in [0.3, 0.4) is 0 Å². The average molecular weight is 415 g/mol. The van der Waals surface area contributed by atoms with E-state index in [2.05, 4.69) is 13.8 Å². The molecule has 2 aromatic carbocycles. The maximum Gasteiger partial charge on any atom is 0.319 e. The number of carbonyl (C=O) groups excluding carboxylic acids is 1. The summed E-state index contributed by atoms with van der Waals surface area (Å²) in [6.45, 7) is 4.56. The van der Waals surface area contributed by atoms with Crippen LogP contribution in [0.4, 0.5) is 0 Å². The van der Waals surface area contributed by atoms with E-state index in [1.807, 2.05) is 24.3 Å². The summed E-state index contributed by atoms with van der Waals surface area (Å²) in [5, 5.41) is 1.09. The van der Waals surface area contributed by atoms with E-state index in [-0.39, 0.29) is 22.7 Å². The highest BCUT2D eigenvalue weighted by atomic mass is 35.5. The van der Waals surface area contributed by atoms with Gasteiger partial charge in [-0.1, -0.05) is 55.4 Å². The number of esters is 1. The van der Waals surface area contributed by atoms with Gasteiger partial charge in [-0.25, -0.2) is 4.98 Å². The highest BCUT2D eigenvalue weighted by Crippen LogP contribution is 2.32. The van der Waals surface area contributed by atoms with Crippen molar-refractivity contribution in [1.29, 1.82) is 0 Å². The Morgan fingerprint density at radius 3 is 2.71 bits per heavy atom. The maximum absolute atomic E-state index is 13.4. The average Bonchev–Trinajstić information content (AvgIpc) is 3.06. The molecule has 1 saturated heterocycles. The van der Waals surface area contributed by atoms with Crippen LogP contribution in [-0.2, 0) is 9.53 Å². The minimum Gasteiger partial charge on any atom is -0.465 e. The first kappa shape index (κ1) is 19.0. The van der Waals surface area contributed by atoms with Crippen LogP contribution < -0.4 is 5.56 Å². The van der Waals surface area contributed by atoms with Crippen LogP contribution in [0.25, 0.3) is 16.6 Å². The molecule has 1 aliphatic heterocycles. The zero-order valence-electron chi connectivity index (χ0n) is 15.5. The van der Waals surface area contributed by atoms with Crippen molar-refractivity contribution in [2.24, 2.45) is 0 Å². The fraction of sp³-hybridized carbons (Fsp3) is 0.286. The highest BCUT2D eigenvalue weighted by Gasteiger charge is 2.30. The van der Waals surface area contributed by atoms with Crippen molar-refractivity contribution in [3.05, 3.63) is 63.4 Å². The van der Waals surface area contributed by atoms with Crippen molar-refractivity contribution in [2.75, 3.05) is 6.61 Å². The summed E-state index contributed by atoms with van der Waals surface area (Å²) < 4.78 is 6.70. The molecule has 1 fully saturated rings. The van der Waals surface area contributed by atoms with Gasteiger partial charge in [0.2, 0.25) is 0 Å². The van der Waals surface area contributed by atoms with Crippen molar-refractivity contribution < 1.29 is 9.53 Å². The van der Waals surface area contributed by atoms with Crippen molar-refractivity contribution in [2.45, 2.75) is 36.6 Å². The highest BCUT2D eigenvalue weighted by molar-refractivity contribution is 8.00. The van der Waals surface area contributed by atoms with Crippen LogP contribution >= 0.6 is 23.4 Å². The molecule has 0 amide bonds. The fourth-order valence-electron chi connectivity index (χ4n) is 3.32. The number of ether oxygens (including phenoxy) is 1. The first-order valence-corrected chi connectivity index (χ1v) is 10.4. The van der Waals surface area contributed by atoms with Gasteiger partial charge in [0.15, 0.2) is 5.16 Å². The molecule has 5 nitrogen and oxygen atoms in total. The van der Waals surface area contributed by atoms with E-state index in [0.717, 1.165) is 11.3 Å². The van der Waals surface area contributed by atoms with Gasteiger partial charge in [0.05, 0.1) is 23.2 Å². The first-order valence-electron chi connectivity index (χ1n) is 9.10. The molecule has 1 aliphatic rings. The van der Waals surface area contributed by atoms with E-state index in [0.29, 0.717) is 34.1 Å². The number of hydrogen-bond acceptors (Lipinski definition) is 5. The largest absolute Gasteiger partial charge is 0.465 e. The van der Waals surface area contributed by atoms with Crippen LogP contribution in [0.15, 0.2) is 52.4 Å². The summed E-state index contributed by atoms with van der Waals surface area (Å²) in [7, 11) is 0. The van der Waals surface area contributed by atoms with E-state index < -0.39 is 0 Å². The lowest BCUT2D eigenvalue weighted by Crippen LogP contribution is -2.24. The Balaban J connectivity index is 1.99. The second kappa shape index (κ2) is 7.60. The van der Waals surface area contributed by atoms with Crippen molar-refractivity contribution in [1.82, 2.24) is 9.55 Å². The second-order valence-corrected chi connectivity index (χ2v) is 8.58. The van der Waals surface area contributed by atoms with E-state index in [4.69, 9.17) is 21.3 Å². The summed E-state index contributed by atoms with van der Waals surface area (Å²) in [5.41, 5.74) is 2.16. The van der Waals surface area contributed by atoms with Gasteiger partial charge in [0.25, 0.3) is 5.56 Å². The number of rotatable bonds is 4. The van der Waals surface area contributed by atoms with E-state index in [9.17, 15) is 9.59 Å². The molecule has 1 atom stereocenters. The van der Waals surface area contributed by atoms with Crippen molar-refractivity contribution >= 4 is 40.2 Å². The Morgan fingerprint density at radius 2 is 2.00 bits per heavy atom. The van der Waals surface area contributed by atoms with Crippen LogP contribution in [0.1, 0.15) is 31.7 Å². The summed E-state index contributed by atoms with van der Waals surface area (Å²) in [6.07, 6.45) is 0.596. The predicted octanol–water partition coefficient (Wildman–Crippen LogP) is 4.57. The van der Waals surface area contributed by atoms with E-state index in [1.54, 1.807) is 22.8 Å². The summed E-state index contributed by atoms with van der Waals surface area (Å²) in [6, 6.07) is 12.8. The number of thioether (sulfide) groups is 1. The molecule has 28 heavy (non-hydrogen) atoms.